The third-order valence-electron chi connectivity index (χ3n) is 5.89. The molecule has 1 amide bonds. The summed E-state index contributed by atoms with van der Waals surface area (Å²) in [5.74, 6) is 0.700. The van der Waals surface area contributed by atoms with E-state index in [-0.39, 0.29) is 23.0 Å². The van der Waals surface area contributed by atoms with Crippen molar-refractivity contribution in [3.8, 4) is 0 Å². The molecule has 1 aliphatic carbocycles. The number of hydrogen-bond acceptors (Lipinski definition) is 7. The Morgan fingerprint density at radius 3 is 2.41 bits per heavy atom. The van der Waals surface area contributed by atoms with Crippen molar-refractivity contribution in [1.82, 2.24) is 20.0 Å². The summed E-state index contributed by atoms with van der Waals surface area (Å²) in [5, 5.41) is 5.90. The molecule has 1 unspecified atom stereocenters. The molecule has 2 atom stereocenters. The maximum Gasteiger partial charge on any atom is 0.407 e. The van der Waals surface area contributed by atoms with Crippen LogP contribution < -0.4 is 15.4 Å². The van der Waals surface area contributed by atoms with Gasteiger partial charge in [-0.2, -0.15) is 0 Å². The fourth-order valence-electron chi connectivity index (χ4n) is 4.09. The Balaban J connectivity index is 1.47. The molecule has 1 aromatic heterocycles. The zero-order valence-corrected chi connectivity index (χ0v) is 18.7. The Morgan fingerprint density at radius 1 is 0.938 bits per heavy atom. The molecule has 2 aromatic rings. The lowest BCUT2D eigenvalue weighted by Gasteiger charge is -2.14. The van der Waals surface area contributed by atoms with E-state index in [1.165, 1.54) is 0 Å². The highest BCUT2D eigenvalue weighted by atomic mass is 32.2. The smallest absolute Gasteiger partial charge is 0.407 e. The summed E-state index contributed by atoms with van der Waals surface area (Å²) >= 11 is 0. The Labute approximate surface area is 188 Å². The standard InChI is InChI=1S/C22H29N5O4S/c28-22-23-11-3-1-2-4-12-26-32(29,30)20-9-6-18(7-10-20)27-21-24-14-17(15-25-21)16-5-8-19(13-16)31-22/h6-7,9-10,14-16,19,26H,1-5,8,11-13H2,(H,23,28)(H,24,25,27)/t16?,19-/m0/s1. The van der Waals surface area contributed by atoms with E-state index < -0.39 is 10.0 Å². The Hall–Kier alpha value is -2.72. The monoisotopic (exact) mass is 459 g/mol. The Bertz CT molecular complexity index is 1010. The van der Waals surface area contributed by atoms with Crippen molar-refractivity contribution >= 4 is 27.8 Å². The van der Waals surface area contributed by atoms with Gasteiger partial charge in [-0.3, -0.25) is 0 Å². The molecule has 1 aromatic carbocycles. The number of hydrogen-bond donors (Lipinski definition) is 3. The van der Waals surface area contributed by atoms with E-state index in [1.54, 1.807) is 36.7 Å². The highest BCUT2D eigenvalue weighted by molar-refractivity contribution is 7.89. The maximum atomic E-state index is 12.5. The van der Waals surface area contributed by atoms with E-state index in [0.29, 0.717) is 24.7 Å². The number of nitrogens with one attached hydrogen (secondary N) is 3. The molecule has 0 spiro atoms. The zero-order chi connectivity index (χ0) is 22.4. The molecule has 3 aliphatic heterocycles. The van der Waals surface area contributed by atoms with Crippen molar-refractivity contribution in [2.24, 2.45) is 0 Å². The number of nitrogens with zero attached hydrogens (tertiary/aromatic N) is 2. The molecule has 3 N–H and O–H groups in total. The number of amides is 1. The molecule has 4 aliphatic rings. The predicted molar refractivity (Wildman–Crippen MR) is 120 cm³/mol. The van der Waals surface area contributed by atoms with Gasteiger partial charge in [0.15, 0.2) is 0 Å². The van der Waals surface area contributed by atoms with Crippen molar-refractivity contribution in [3.63, 3.8) is 0 Å². The number of alkyl carbamates (subject to hydrolysis) is 1. The quantitative estimate of drug-likeness (QED) is 0.552. The van der Waals surface area contributed by atoms with Gasteiger partial charge in [-0.25, -0.2) is 27.9 Å². The van der Waals surface area contributed by atoms with Crippen LogP contribution in [0, 0.1) is 0 Å². The summed E-state index contributed by atoms with van der Waals surface area (Å²) in [6.45, 7) is 0.927. The third-order valence-corrected chi connectivity index (χ3v) is 7.36. The van der Waals surface area contributed by atoms with Crippen molar-refractivity contribution in [1.29, 1.82) is 0 Å². The second-order valence-corrected chi connectivity index (χ2v) is 10.0. The molecule has 6 bridgehead atoms. The van der Waals surface area contributed by atoms with Gasteiger partial charge >= 0.3 is 6.09 Å². The Morgan fingerprint density at radius 2 is 1.66 bits per heavy atom. The molecule has 10 heteroatoms. The van der Waals surface area contributed by atoms with Crippen LogP contribution in [0.3, 0.4) is 0 Å². The number of carbonyl (C=O) groups excluding carboxylic acids is 1. The minimum absolute atomic E-state index is 0.0917. The van der Waals surface area contributed by atoms with Gasteiger partial charge in [-0.1, -0.05) is 12.8 Å². The molecule has 0 saturated heterocycles. The van der Waals surface area contributed by atoms with Crippen LogP contribution in [0.5, 0.6) is 0 Å². The molecule has 1 fully saturated rings. The third kappa shape index (κ3) is 5.95. The maximum absolute atomic E-state index is 12.5. The topological polar surface area (TPSA) is 122 Å². The average molecular weight is 460 g/mol. The van der Waals surface area contributed by atoms with Crippen molar-refractivity contribution < 1.29 is 17.9 Å². The minimum atomic E-state index is -3.55. The SMILES string of the molecule is O=C1NCCCCCCNS(=O)(=O)c2ccc(cc2)Nc2ncc(cn2)C2CC[C@@H](C2)O1. The van der Waals surface area contributed by atoms with Crippen LogP contribution in [0.1, 0.15) is 56.4 Å². The summed E-state index contributed by atoms with van der Waals surface area (Å²) in [7, 11) is -3.55. The largest absolute Gasteiger partial charge is 0.446 e. The molecule has 1 saturated carbocycles. The van der Waals surface area contributed by atoms with Crippen molar-refractivity contribution in [2.45, 2.75) is 61.9 Å². The van der Waals surface area contributed by atoms with Gasteiger partial charge in [-0.15, -0.1) is 0 Å². The normalized spacial score (nSPS) is 24.3. The summed E-state index contributed by atoms with van der Waals surface area (Å²) in [4.78, 5) is 21.1. The van der Waals surface area contributed by atoms with Gasteiger partial charge in [0.25, 0.3) is 0 Å². The van der Waals surface area contributed by atoms with Gasteiger partial charge in [0.1, 0.15) is 6.10 Å². The number of carbonyl (C=O) groups is 1. The van der Waals surface area contributed by atoms with Gasteiger partial charge in [0.05, 0.1) is 4.90 Å². The lowest BCUT2D eigenvalue weighted by molar-refractivity contribution is 0.100. The van der Waals surface area contributed by atoms with Gasteiger partial charge in [0.2, 0.25) is 16.0 Å². The van der Waals surface area contributed by atoms with Crippen LogP contribution in [0.25, 0.3) is 0 Å². The van der Waals surface area contributed by atoms with Crippen LogP contribution in [0.4, 0.5) is 16.4 Å². The van der Waals surface area contributed by atoms with E-state index in [4.69, 9.17) is 4.74 Å². The first-order valence-corrected chi connectivity index (χ1v) is 12.6. The van der Waals surface area contributed by atoms with Crippen LogP contribution in [-0.4, -0.2) is 43.7 Å². The number of fused-ring (bicyclic) bond motifs is 2. The zero-order valence-electron chi connectivity index (χ0n) is 17.9. The van der Waals surface area contributed by atoms with E-state index in [0.717, 1.165) is 50.5 Å². The highest BCUT2D eigenvalue weighted by Crippen LogP contribution is 2.35. The molecule has 32 heavy (non-hydrogen) atoms. The fraction of sp³-hybridized carbons (Fsp3) is 0.500. The molecular weight excluding hydrogens is 430 g/mol. The lowest BCUT2D eigenvalue weighted by atomic mass is 10.0. The van der Waals surface area contributed by atoms with Crippen molar-refractivity contribution in [3.05, 3.63) is 42.2 Å². The summed E-state index contributed by atoms with van der Waals surface area (Å²) < 4.78 is 33.1. The first kappa shape index (κ1) is 22.5. The van der Waals surface area contributed by atoms with Crippen LogP contribution in [-0.2, 0) is 14.8 Å². The molecule has 4 heterocycles. The van der Waals surface area contributed by atoms with Crippen LogP contribution >= 0.6 is 0 Å². The van der Waals surface area contributed by atoms with E-state index >= 15 is 0 Å². The van der Waals surface area contributed by atoms with Crippen LogP contribution in [0.2, 0.25) is 0 Å². The summed E-state index contributed by atoms with van der Waals surface area (Å²) in [6, 6.07) is 6.53. The average Bonchev–Trinajstić information content (AvgIpc) is 3.24. The van der Waals surface area contributed by atoms with Crippen LogP contribution in [0.15, 0.2) is 41.6 Å². The molecule has 9 nitrogen and oxygen atoms in total. The number of benzene rings is 1. The molecule has 6 rings (SSSR count). The second kappa shape index (κ2) is 10.3. The molecule has 172 valence electrons. The second-order valence-electron chi connectivity index (χ2n) is 8.27. The fourth-order valence-corrected chi connectivity index (χ4v) is 5.16. The molecular formula is C22H29N5O4S. The predicted octanol–water partition coefficient (Wildman–Crippen LogP) is 3.43. The number of sulfonamides is 1. The van der Waals surface area contributed by atoms with E-state index in [9.17, 15) is 13.2 Å². The van der Waals surface area contributed by atoms with Crippen molar-refractivity contribution in [2.75, 3.05) is 18.4 Å². The number of rotatable bonds is 0. The number of aromatic nitrogens is 2. The number of ether oxygens (including phenoxy) is 1. The van der Waals surface area contributed by atoms with E-state index in [2.05, 4.69) is 25.3 Å². The summed E-state index contributed by atoms with van der Waals surface area (Å²) in [5.41, 5.74) is 1.73. The van der Waals surface area contributed by atoms with Gasteiger partial charge in [0, 0.05) is 31.2 Å². The van der Waals surface area contributed by atoms with E-state index in [1.807, 2.05) is 0 Å². The molecule has 0 radical (unpaired) electrons. The van der Waals surface area contributed by atoms with Gasteiger partial charge < -0.3 is 15.4 Å². The minimum Gasteiger partial charge on any atom is -0.446 e. The summed E-state index contributed by atoms with van der Waals surface area (Å²) in [6.07, 6.45) is 9.00. The first-order valence-electron chi connectivity index (χ1n) is 11.1. The van der Waals surface area contributed by atoms with Gasteiger partial charge in [-0.05, 0) is 67.9 Å². The number of anilines is 2. The first-order chi connectivity index (χ1) is 15.5. The Kier molecular flexibility index (Phi) is 7.21. The lowest BCUT2D eigenvalue weighted by Crippen LogP contribution is -2.28. The highest BCUT2D eigenvalue weighted by Gasteiger charge is 2.29.